The van der Waals surface area contributed by atoms with Crippen molar-refractivity contribution in [1.29, 1.82) is 0 Å². The van der Waals surface area contributed by atoms with Crippen molar-refractivity contribution >= 4 is 0 Å². The molecule has 1 aliphatic rings. The van der Waals surface area contributed by atoms with E-state index < -0.39 is 0 Å². The van der Waals surface area contributed by atoms with Crippen LogP contribution in [0.4, 0.5) is 0 Å². The lowest BCUT2D eigenvalue weighted by atomic mass is 9.95. The number of hydrogen-bond acceptors (Lipinski definition) is 2. The van der Waals surface area contributed by atoms with Crippen molar-refractivity contribution < 1.29 is 4.74 Å². The Morgan fingerprint density at radius 2 is 2.11 bits per heavy atom. The highest BCUT2D eigenvalue weighted by Crippen LogP contribution is 2.46. The van der Waals surface area contributed by atoms with Crippen LogP contribution < -0.4 is 5.73 Å². The van der Waals surface area contributed by atoms with Crippen LogP contribution in [0.5, 0.6) is 0 Å². The first-order valence-electron chi connectivity index (χ1n) is 7.16. The van der Waals surface area contributed by atoms with Crippen LogP contribution in [-0.2, 0) is 11.3 Å². The maximum atomic E-state index is 5.82. The molecule has 100 valence electrons. The summed E-state index contributed by atoms with van der Waals surface area (Å²) in [6, 6.07) is 10.4. The van der Waals surface area contributed by atoms with E-state index in [0.29, 0.717) is 0 Å². The van der Waals surface area contributed by atoms with Gasteiger partial charge < -0.3 is 10.5 Å². The van der Waals surface area contributed by atoms with Crippen molar-refractivity contribution in [3.8, 4) is 0 Å². The van der Waals surface area contributed by atoms with Crippen LogP contribution in [-0.4, -0.2) is 13.2 Å². The van der Waals surface area contributed by atoms with E-state index in [2.05, 4.69) is 31.2 Å². The van der Waals surface area contributed by atoms with E-state index >= 15 is 0 Å². The molecule has 0 heterocycles. The predicted octanol–water partition coefficient (Wildman–Crippen LogP) is 3.21. The number of benzene rings is 1. The topological polar surface area (TPSA) is 35.2 Å². The van der Waals surface area contributed by atoms with Gasteiger partial charge in [-0.25, -0.2) is 0 Å². The molecule has 1 saturated carbocycles. The first-order valence-corrected chi connectivity index (χ1v) is 7.16. The van der Waals surface area contributed by atoms with Gasteiger partial charge >= 0.3 is 0 Å². The SMILES string of the molecule is CCC(CCN)C1CC1COCc1ccccc1. The summed E-state index contributed by atoms with van der Waals surface area (Å²) in [6.07, 6.45) is 3.78. The first kappa shape index (κ1) is 13.6. The summed E-state index contributed by atoms with van der Waals surface area (Å²) in [7, 11) is 0. The molecule has 0 spiro atoms. The summed E-state index contributed by atoms with van der Waals surface area (Å²) >= 11 is 0. The van der Waals surface area contributed by atoms with Gasteiger partial charge in [0.25, 0.3) is 0 Å². The predicted molar refractivity (Wildman–Crippen MR) is 75.1 cm³/mol. The monoisotopic (exact) mass is 247 g/mol. The molecule has 2 rings (SSSR count). The summed E-state index contributed by atoms with van der Waals surface area (Å²) in [5.41, 5.74) is 6.93. The van der Waals surface area contributed by atoms with Crippen LogP contribution in [0.2, 0.25) is 0 Å². The highest BCUT2D eigenvalue weighted by atomic mass is 16.5. The average molecular weight is 247 g/mol. The average Bonchev–Trinajstić information content (AvgIpc) is 3.17. The van der Waals surface area contributed by atoms with Crippen molar-refractivity contribution in [3.05, 3.63) is 35.9 Å². The standard InChI is InChI=1S/C16H25NO/c1-2-14(8-9-17)16-10-15(16)12-18-11-13-6-4-3-5-7-13/h3-7,14-16H,2,8-12,17H2,1H3. The number of hydrogen-bond donors (Lipinski definition) is 1. The maximum absolute atomic E-state index is 5.82. The number of nitrogens with two attached hydrogens (primary N) is 1. The normalized spacial score (nSPS) is 23.9. The minimum atomic E-state index is 0.748. The van der Waals surface area contributed by atoms with Gasteiger partial charge in [-0.05, 0) is 42.7 Å². The lowest BCUT2D eigenvalue weighted by Crippen LogP contribution is -2.12. The van der Waals surface area contributed by atoms with Gasteiger partial charge in [-0.15, -0.1) is 0 Å². The minimum Gasteiger partial charge on any atom is -0.376 e. The van der Waals surface area contributed by atoms with Crippen LogP contribution in [0, 0.1) is 17.8 Å². The molecule has 0 aromatic heterocycles. The molecule has 18 heavy (non-hydrogen) atoms. The highest BCUT2D eigenvalue weighted by molar-refractivity contribution is 5.13. The molecule has 0 radical (unpaired) electrons. The molecule has 3 unspecified atom stereocenters. The molecule has 0 saturated heterocycles. The summed E-state index contributed by atoms with van der Waals surface area (Å²) in [4.78, 5) is 0. The van der Waals surface area contributed by atoms with E-state index in [4.69, 9.17) is 10.5 Å². The van der Waals surface area contributed by atoms with Crippen LogP contribution >= 0.6 is 0 Å². The van der Waals surface area contributed by atoms with Gasteiger partial charge in [0, 0.05) is 0 Å². The zero-order valence-corrected chi connectivity index (χ0v) is 11.3. The van der Waals surface area contributed by atoms with Gasteiger partial charge in [0.1, 0.15) is 0 Å². The summed E-state index contributed by atoms with van der Waals surface area (Å²) in [5.74, 6) is 2.47. The van der Waals surface area contributed by atoms with Gasteiger partial charge in [-0.1, -0.05) is 43.7 Å². The van der Waals surface area contributed by atoms with Crippen molar-refractivity contribution in [2.45, 2.75) is 32.8 Å². The van der Waals surface area contributed by atoms with Crippen molar-refractivity contribution in [2.75, 3.05) is 13.2 Å². The van der Waals surface area contributed by atoms with Crippen molar-refractivity contribution in [2.24, 2.45) is 23.5 Å². The molecule has 2 heteroatoms. The van der Waals surface area contributed by atoms with Crippen molar-refractivity contribution in [3.63, 3.8) is 0 Å². The smallest absolute Gasteiger partial charge is 0.0717 e. The quantitative estimate of drug-likeness (QED) is 0.765. The molecule has 2 nitrogen and oxygen atoms in total. The van der Waals surface area contributed by atoms with E-state index in [1.54, 1.807) is 0 Å². The third-order valence-corrected chi connectivity index (χ3v) is 4.09. The molecule has 1 fully saturated rings. The second kappa shape index (κ2) is 6.91. The molecule has 0 aliphatic heterocycles. The summed E-state index contributed by atoms with van der Waals surface area (Å²) in [5, 5.41) is 0. The summed E-state index contributed by atoms with van der Waals surface area (Å²) in [6.45, 7) is 4.77. The van der Waals surface area contributed by atoms with E-state index in [1.807, 2.05) is 6.07 Å². The lowest BCUT2D eigenvalue weighted by Gasteiger charge is -2.13. The highest BCUT2D eigenvalue weighted by Gasteiger charge is 2.41. The maximum Gasteiger partial charge on any atom is 0.0717 e. The molecular formula is C16H25NO. The number of ether oxygens (including phenoxy) is 1. The van der Waals surface area contributed by atoms with Crippen LogP contribution in [0.1, 0.15) is 31.7 Å². The fourth-order valence-corrected chi connectivity index (χ4v) is 2.88. The Kier molecular flexibility index (Phi) is 5.21. The van der Waals surface area contributed by atoms with E-state index in [9.17, 15) is 0 Å². The Balaban J connectivity index is 1.64. The molecule has 2 N–H and O–H groups in total. The zero-order valence-electron chi connectivity index (χ0n) is 11.3. The summed E-state index contributed by atoms with van der Waals surface area (Å²) < 4.78 is 5.82. The molecule has 1 aromatic rings. The molecule has 3 atom stereocenters. The number of rotatable bonds is 8. The van der Waals surface area contributed by atoms with Gasteiger partial charge in [0.05, 0.1) is 13.2 Å². The van der Waals surface area contributed by atoms with E-state index in [1.165, 1.54) is 24.8 Å². The molecule has 0 bridgehead atoms. The zero-order chi connectivity index (χ0) is 12.8. The van der Waals surface area contributed by atoms with Gasteiger partial charge in [-0.3, -0.25) is 0 Å². The van der Waals surface area contributed by atoms with Gasteiger partial charge in [-0.2, -0.15) is 0 Å². The Morgan fingerprint density at radius 3 is 2.78 bits per heavy atom. The molecule has 0 amide bonds. The third kappa shape index (κ3) is 3.82. The Hall–Kier alpha value is -0.860. The second-order valence-electron chi connectivity index (χ2n) is 5.41. The van der Waals surface area contributed by atoms with E-state index in [-0.39, 0.29) is 0 Å². The Morgan fingerprint density at radius 1 is 1.33 bits per heavy atom. The van der Waals surface area contributed by atoms with Crippen molar-refractivity contribution in [1.82, 2.24) is 0 Å². The second-order valence-corrected chi connectivity index (χ2v) is 5.41. The molecule has 1 aliphatic carbocycles. The minimum absolute atomic E-state index is 0.748. The first-order chi connectivity index (χ1) is 8.85. The largest absolute Gasteiger partial charge is 0.376 e. The van der Waals surface area contributed by atoms with Crippen LogP contribution in [0.3, 0.4) is 0 Å². The lowest BCUT2D eigenvalue weighted by molar-refractivity contribution is 0.104. The van der Waals surface area contributed by atoms with Crippen LogP contribution in [0.15, 0.2) is 30.3 Å². The van der Waals surface area contributed by atoms with Gasteiger partial charge in [0.2, 0.25) is 0 Å². The third-order valence-electron chi connectivity index (χ3n) is 4.09. The van der Waals surface area contributed by atoms with E-state index in [0.717, 1.165) is 37.5 Å². The Bertz CT molecular complexity index is 338. The molecule has 1 aromatic carbocycles. The van der Waals surface area contributed by atoms with Crippen LogP contribution in [0.25, 0.3) is 0 Å². The fourth-order valence-electron chi connectivity index (χ4n) is 2.88. The van der Waals surface area contributed by atoms with Gasteiger partial charge in [0.15, 0.2) is 0 Å². The fraction of sp³-hybridized carbons (Fsp3) is 0.625. The Labute approximate surface area is 111 Å². The molecular weight excluding hydrogens is 222 g/mol.